The molecule has 0 saturated heterocycles. The first-order valence-electron chi connectivity index (χ1n) is 8.62. The lowest BCUT2D eigenvalue weighted by Gasteiger charge is -2.12. The summed E-state index contributed by atoms with van der Waals surface area (Å²) in [6.07, 6.45) is 1.26. The molecule has 0 atom stereocenters. The Labute approximate surface area is 159 Å². The van der Waals surface area contributed by atoms with Crippen molar-refractivity contribution < 1.29 is 13.2 Å². The van der Waals surface area contributed by atoms with Crippen molar-refractivity contribution in [3.63, 3.8) is 0 Å². The highest BCUT2D eigenvalue weighted by molar-refractivity contribution is 7.98. The molecule has 1 fully saturated rings. The van der Waals surface area contributed by atoms with Crippen LogP contribution in [0.5, 0.6) is 0 Å². The van der Waals surface area contributed by atoms with E-state index in [1.165, 1.54) is 16.7 Å². The normalized spacial score (nSPS) is 14.3. The summed E-state index contributed by atoms with van der Waals surface area (Å²) < 4.78 is 26.2. The second-order valence-electron chi connectivity index (χ2n) is 6.81. The number of carbonyl (C=O) groups is 1. The van der Waals surface area contributed by atoms with Gasteiger partial charge in [-0.3, -0.25) is 4.79 Å². The zero-order chi connectivity index (χ0) is 18.9. The number of hydrogen-bond acceptors (Lipinski definition) is 4. The van der Waals surface area contributed by atoms with E-state index in [1.54, 1.807) is 23.9 Å². The number of benzene rings is 2. The second-order valence-corrected chi connectivity index (χ2v) is 9.79. The predicted octanol–water partition coefficient (Wildman–Crippen LogP) is 4.13. The van der Waals surface area contributed by atoms with Gasteiger partial charge in [-0.15, -0.1) is 11.8 Å². The lowest BCUT2D eigenvalue weighted by molar-refractivity contribution is 0.0981. The Morgan fingerprint density at radius 1 is 1.08 bits per heavy atom. The molecule has 6 heteroatoms. The van der Waals surface area contributed by atoms with Gasteiger partial charge in [-0.25, -0.2) is 13.1 Å². The van der Waals surface area contributed by atoms with Gasteiger partial charge >= 0.3 is 0 Å². The highest BCUT2D eigenvalue weighted by Crippen LogP contribution is 2.30. The molecule has 1 aliphatic carbocycles. The molecule has 0 bridgehead atoms. The standard InChI is InChI=1S/C20H23NO3S2/c1-13-5-4-6-14(2)18(13)12-25-19-11-16(8-7-15(19)3)20(22)21-26(23,24)17-9-10-17/h4-8,11,17H,9-10,12H2,1-3H3,(H,21,22). The number of carbonyl (C=O) groups excluding carboxylic acids is 1. The van der Waals surface area contributed by atoms with Crippen molar-refractivity contribution in [3.05, 3.63) is 64.2 Å². The molecule has 138 valence electrons. The van der Waals surface area contributed by atoms with Crippen LogP contribution in [-0.2, 0) is 15.8 Å². The summed E-state index contributed by atoms with van der Waals surface area (Å²) in [6.45, 7) is 6.19. The molecule has 1 aliphatic rings. The molecule has 0 aliphatic heterocycles. The van der Waals surface area contributed by atoms with Gasteiger partial charge in [0.15, 0.2) is 0 Å². The highest BCUT2D eigenvalue weighted by atomic mass is 32.2. The Balaban J connectivity index is 1.76. The predicted molar refractivity (Wildman–Crippen MR) is 106 cm³/mol. The maximum absolute atomic E-state index is 12.3. The minimum Gasteiger partial charge on any atom is -0.268 e. The van der Waals surface area contributed by atoms with Gasteiger partial charge in [-0.05, 0) is 68.0 Å². The summed E-state index contributed by atoms with van der Waals surface area (Å²) in [6, 6.07) is 11.6. The molecule has 2 aromatic carbocycles. The van der Waals surface area contributed by atoms with Crippen LogP contribution in [0.2, 0.25) is 0 Å². The van der Waals surface area contributed by atoms with Crippen LogP contribution in [0.15, 0.2) is 41.3 Å². The molecule has 0 heterocycles. The number of aryl methyl sites for hydroxylation is 3. The van der Waals surface area contributed by atoms with E-state index >= 15 is 0 Å². The zero-order valence-electron chi connectivity index (χ0n) is 15.2. The van der Waals surface area contributed by atoms with Gasteiger partial charge in [-0.2, -0.15) is 0 Å². The second kappa shape index (κ2) is 7.45. The van der Waals surface area contributed by atoms with Crippen molar-refractivity contribution >= 4 is 27.7 Å². The lowest BCUT2D eigenvalue weighted by atomic mass is 10.1. The smallest absolute Gasteiger partial charge is 0.264 e. The quantitative estimate of drug-likeness (QED) is 0.755. The lowest BCUT2D eigenvalue weighted by Crippen LogP contribution is -2.33. The van der Waals surface area contributed by atoms with E-state index in [0.717, 1.165) is 16.2 Å². The monoisotopic (exact) mass is 389 g/mol. The fourth-order valence-electron chi connectivity index (χ4n) is 2.77. The molecule has 3 rings (SSSR count). The molecule has 2 aromatic rings. The molecule has 1 N–H and O–H groups in total. The van der Waals surface area contributed by atoms with E-state index in [4.69, 9.17) is 0 Å². The van der Waals surface area contributed by atoms with Crippen LogP contribution in [0.1, 0.15) is 45.5 Å². The maximum atomic E-state index is 12.3. The van der Waals surface area contributed by atoms with Crippen molar-refractivity contribution in [1.82, 2.24) is 4.72 Å². The topological polar surface area (TPSA) is 63.2 Å². The van der Waals surface area contributed by atoms with Crippen LogP contribution < -0.4 is 4.72 Å². The summed E-state index contributed by atoms with van der Waals surface area (Å²) in [5.41, 5.74) is 5.24. The minimum atomic E-state index is -3.53. The van der Waals surface area contributed by atoms with E-state index in [1.807, 2.05) is 13.0 Å². The third-order valence-electron chi connectivity index (χ3n) is 4.66. The van der Waals surface area contributed by atoms with Crippen molar-refractivity contribution in [2.45, 2.75) is 49.5 Å². The van der Waals surface area contributed by atoms with Gasteiger partial charge in [0.05, 0.1) is 5.25 Å². The Bertz CT molecular complexity index is 927. The van der Waals surface area contributed by atoms with E-state index in [-0.39, 0.29) is 0 Å². The molecular formula is C20H23NO3S2. The Kier molecular flexibility index (Phi) is 5.44. The molecule has 1 saturated carbocycles. The molecule has 0 spiro atoms. The third-order valence-corrected chi connectivity index (χ3v) is 7.67. The number of amides is 1. The SMILES string of the molecule is Cc1ccc(C(=O)NS(=O)(=O)C2CC2)cc1SCc1c(C)cccc1C. The molecule has 4 nitrogen and oxygen atoms in total. The van der Waals surface area contributed by atoms with Crippen LogP contribution >= 0.6 is 11.8 Å². The van der Waals surface area contributed by atoms with E-state index in [0.29, 0.717) is 18.4 Å². The average molecular weight is 390 g/mol. The number of sulfonamides is 1. The van der Waals surface area contributed by atoms with E-state index < -0.39 is 21.2 Å². The van der Waals surface area contributed by atoms with Gasteiger partial charge in [0.2, 0.25) is 10.0 Å². The Morgan fingerprint density at radius 2 is 1.73 bits per heavy atom. The van der Waals surface area contributed by atoms with Crippen LogP contribution in [0.25, 0.3) is 0 Å². The Morgan fingerprint density at radius 3 is 2.35 bits per heavy atom. The van der Waals surface area contributed by atoms with Gasteiger partial charge in [-0.1, -0.05) is 24.3 Å². The summed E-state index contributed by atoms with van der Waals surface area (Å²) >= 11 is 1.67. The maximum Gasteiger partial charge on any atom is 0.264 e. The van der Waals surface area contributed by atoms with Gasteiger partial charge in [0, 0.05) is 16.2 Å². The van der Waals surface area contributed by atoms with Crippen molar-refractivity contribution in [2.75, 3.05) is 0 Å². The summed E-state index contributed by atoms with van der Waals surface area (Å²) in [5.74, 6) is 0.260. The van der Waals surface area contributed by atoms with Gasteiger partial charge in [0.1, 0.15) is 0 Å². The van der Waals surface area contributed by atoms with Crippen LogP contribution in [0, 0.1) is 20.8 Å². The fraction of sp³-hybridized carbons (Fsp3) is 0.350. The Hall–Kier alpha value is -1.79. The first-order chi connectivity index (χ1) is 12.3. The van der Waals surface area contributed by atoms with Crippen LogP contribution in [-0.4, -0.2) is 19.6 Å². The highest BCUT2D eigenvalue weighted by Gasteiger charge is 2.37. The minimum absolute atomic E-state index is 0.379. The van der Waals surface area contributed by atoms with Crippen LogP contribution in [0.4, 0.5) is 0 Å². The fourth-order valence-corrected chi connectivity index (χ4v) is 5.33. The summed E-state index contributed by atoms with van der Waals surface area (Å²) in [7, 11) is -3.53. The number of thioether (sulfide) groups is 1. The summed E-state index contributed by atoms with van der Waals surface area (Å²) in [4.78, 5) is 13.3. The van der Waals surface area contributed by atoms with Gasteiger partial charge in [0.25, 0.3) is 5.91 Å². The molecule has 0 radical (unpaired) electrons. The van der Waals surface area contributed by atoms with Crippen molar-refractivity contribution in [1.29, 1.82) is 0 Å². The molecule has 0 unspecified atom stereocenters. The first-order valence-corrected chi connectivity index (χ1v) is 11.2. The van der Waals surface area contributed by atoms with Crippen molar-refractivity contribution in [3.8, 4) is 0 Å². The van der Waals surface area contributed by atoms with E-state index in [2.05, 4.69) is 36.8 Å². The third kappa shape index (κ3) is 4.30. The molecule has 26 heavy (non-hydrogen) atoms. The van der Waals surface area contributed by atoms with E-state index in [9.17, 15) is 13.2 Å². The van der Waals surface area contributed by atoms with Crippen LogP contribution in [0.3, 0.4) is 0 Å². The van der Waals surface area contributed by atoms with Crippen molar-refractivity contribution in [2.24, 2.45) is 0 Å². The zero-order valence-corrected chi connectivity index (χ0v) is 16.8. The number of rotatable bonds is 6. The number of nitrogens with one attached hydrogen (secondary N) is 1. The molecular weight excluding hydrogens is 366 g/mol. The molecule has 0 aromatic heterocycles. The summed E-state index contributed by atoms with van der Waals surface area (Å²) in [5, 5.41) is -0.408. The molecule has 1 amide bonds. The average Bonchev–Trinajstić information content (AvgIpc) is 3.41. The largest absolute Gasteiger partial charge is 0.268 e. The first kappa shape index (κ1) is 19.0. The van der Waals surface area contributed by atoms with Gasteiger partial charge < -0.3 is 0 Å². The number of hydrogen-bond donors (Lipinski definition) is 1.